The van der Waals surface area contributed by atoms with E-state index in [-0.39, 0.29) is 0 Å². The fourth-order valence-corrected chi connectivity index (χ4v) is 4.02. The first-order chi connectivity index (χ1) is 14.9. The number of rotatable bonds is 6. The molecule has 0 aliphatic carbocycles. The van der Waals surface area contributed by atoms with Crippen LogP contribution in [0.4, 0.5) is 5.69 Å². The van der Waals surface area contributed by atoms with Gasteiger partial charge in [-0.25, -0.2) is 4.99 Å². The second-order valence-electron chi connectivity index (χ2n) is 8.12. The van der Waals surface area contributed by atoms with Crippen molar-refractivity contribution in [1.29, 1.82) is 0 Å². The van der Waals surface area contributed by atoms with Crippen LogP contribution in [0.3, 0.4) is 0 Å². The summed E-state index contributed by atoms with van der Waals surface area (Å²) in [7, 11) is 0. The number of nitrogens with zero attached hydrogens (tertiary/aromatic N) is 2. The summed E-state index contributed by atoms with van der Waals surface area (Å²) in [6.07, 6.45) is 6.08. The number of anilines is 1. The first-order valence-electron chi connectivity index (χ1n) is 11.3. The fraction of sp³-hybridized carbons (Fsp3) is 0.480. The second kappa shape index (κ2) is 11.1. The summed E-state index contributed by atoms with van der Waals surface area (Å²) in [4.78, 5) is 7.36. The molecule has 0 atom stereocenters. The van der Waals surface area contributed by atoms with Crippen LogP contribution in [0.15, 0.2) is 59.6 Å². The van der Waals surface area contributed by atoms with Crippen LogP contribution in [0.25, 0.3) is 0 Å². The van der Waals surface area contributed by atoms with E-state index < -0.39 is 0 Å². The van der Waals surface area contributed by atoms with Gasteiger partial charge in [0.05, 0.1) is 19.3 Å². The minimum Gasteiger partial charge on any atom is -0.381 e. The summed E-state index contributed by atoms with van der Waals surface area (Å²) in [5, 5.41) is 3.54. The molecule has 0 radical (unpaired) electrons. The lowest BCUT2D eigenvalue weighted by molar-refractivity contribution is -0.0390. The molecule has 2 heterocycles. The lowest BCUT2D eigenvalue weighted by atomic mass is 10.1. The van der Waals surface area contributed by atoms with Gasteiger partial charge in [0.25, 0.3) is 0 Å². The van der Waals surface area contributed by atoms with Gasteiger partial charge in [-0.3, -0.25) is 0 Å². The van der Waals surface area contributed by atoms with E-state index in [4.69, 9.17) is 14.5 Å². The molecule has 5 heteroatoms. The molecule has 2 fully saturated rings. The van der Waals surface area contributed by atoms with Gasteiger partial charge in [-0.1, -0.05) is 42.5 Å². The molecule has 2 saturated heterocycles. The van der Waals surface area contributed by atoms with E-state index in [9.17, 15) is 0 Å². The third-order valence-corrected chi connectivity index (χ3v) is 5.74. The van der Waals surface area contributed by atoms with Crippen molar-refractivity contribution in [2.75, 3.05) is 31.6 Å². The molecule has 30 heavy (non-hydrogen) atoms. The first-order valence-corrected chi connectivity index (χ1v) is 11.3. The number of hydrogen-bond donors (Lipinski definition) is 1. The summed E-state index contributed by atoms with van der Waals surface area (Å²) >= 11 is 0. The molecule has 1 N–H and O–H groups in total. The number of nitrogens with one attached hydrogen (secondary N) is 1. The quantitative estimate of drug-likeness (QED) is 0.550. The van der Waals surface area contributed by atoms with Crippen LogP contribution in [0.1, 0.15) is 43.2 Å². The normalized spacial score (nSPS) is 18.4. The highest BCUT2D eigenvalue weighted by molar-refractivity contribution is 5.93. The molecule has 0 aromatic heterocycles. The molecule has 5 nitrogen and oxygen atoms in total. The van der Waals surface area contributed by atoms with Gasteiger partial charge in [-0.2, -0.15) is 0 Å². The number of ether oxygens (including phenoxy) is 2. The van der Waals surface area contributed by atoms with Crippen molar-refractivity contribution in [3.63, 3.8) is 0 Å². The lowest BCUT2D eigenvalue weighted by Crippen LogP contribution is -2.40. The van der Waals surface area contributed by atoms with Crippen molar-refractivity contribution in [2.24, 2.45) is 4.99 Å². The Morgan fingerprint density at radius 2 is 1.73 bits per heavy atom. The Labute approximate surface area is 180 Å². The zero-order chi connectivity index (χ0) is 20.4. The highest BCUT2D eigenvalue weighted by atomic mass is 16.5. The van der Waals surface area contributed by atoms with Crippen LogP contribution in [0.5, 0.6) is 0 Å². The number of benzene rings is 2. The summed E-state index contributed by atoms with van der Waals surface area (Å²) in [6, 6.07) is 18.9. The van der Waals surface area contributed by atoms with E-state index >= 15 is 0 Å². The predicted octanol–water partition coefficient (Wildman–Crippen LogP) is 4.84. The average molecular weight is 408 g/mol. The Morgan fingerprint density at radius 1 is 0.967 bits per heavy atom. The average Bonchev–Trinajstić information content (AvgIpc) is 2.82. The minimum atomic E-state index is 0.321. The highest BCUT2D eigenvalue weighted by Gasteiger charge is 2.16. The molecule has 2 aromatic carbocycles. The number of hydrogen-bond acceptors (Lipinski definition) is 3. The van der Waals surface area contributed by atoms with Crippen LogP contribution in [0.2, 0.25) is 0 Å². The number of piperidine rings is 1. The van der Waals surface area contributed by atoms with Crippen LogP contribution in [-0.2, 0) is 22.6 Å². The maximum atomic E-state index is 6.09. The standard InChI is InChI=1S/C25H33N3O2/c1-3-10-23(11-4-1)27-25(28-14-5-2-6-15-28)26-19-21-8-7-9-22(18-21)20-30-24-12-16-29-17-13-24/h1,3-4,7-11,18,24H,2,5-6,12-17,19-20H2,(H,26,27). The monoisotopic (exact) mass is 407 g/mol. The Hall–Kier alpha value is -2.37. The van der Waals surface area contributed by atoms with Gasteiger partial charge >= 0.3 is 0 Å². The molecule has 2 aliphatic heterocycles. The molecule has 4 rings (SSSR count). The molecule has 0 amide bonds. The predicted molar refractivity (Wildman–Crippen MR) is 122 cm³/mol. The second-order valence-corrected chi connectivity index (χ2v) is 8.12. The topological polar surface area (TPSA) is 46.1 Å². The van der Waals surface area contributed by atoms with Crippen molar-refractivity contribution in [3.05, 3.63) is 65.7 Å². The van der Waals surface area contributed by atoms with E-state index in [1.54, 1.807) is 0 Å². The van der Waals surface area contributed by atoms with Gasteiger partial charge in [0.2, 0.25) is 0 Å². The van der Waals surface area contributed by atoms with Crippen LogP contribution < -0.4 is 5.32 Å². The number of aliphatic imine (C=N–C) groups is 1. The molecular weight excluding hydrogens is 374 g/mol. The Morgan fingerprint density at radius 3 is 2.53 bits per heavy atom. The molecule has 0 spiro atoms. The van der Waals surface area contributed by atoms with E-state index in [1.807, 2.05) is 6.07 Å². The van der Waals surface area contributed by atoms with E-state index in [2.05, 4.69) is 58.7 Å². The van der Waals surface area contributed by atoms with Crippen molar-refractivity contribution in [1.82, 2.24) is 4.90 Å². The zero-order valence-corrected chi connectivity index (χ0v) is 17.8. The van der Waals surface area contributed by atoms with Gasteiger partial charge in [0.15, 0.2) is 5.96 Å². The molecule has 2 aromatic rings. The van der Waals surface area contributed by atoms with Crippen LogP contribution >= 0.6 is 0 Å². The van der Waals surface area contributed by atoms with Gasteiger partial charge < -0.3 is 19.7 Å². The van der Waals surface area contributed by atoms with Crippen molar-refractivity contribution >= 4 is 11.6 Å². The molecule has 0 saturated carbocycles. The maximum Gasteiger partial charge on any atom is 0.198 e. The fourth-order valence-electron chi connectivity index (χ4n) is 4.02. The largest absolute Gasteiger partial charge is 0.381 e. The maximum absolute atomic E-state index is 6.09. The smallest absolute Gasteiger partial charge is 0.198 e. The minimum absolute atomic E-state index is 0.321. The Balaban J connectivity index is 1.40. The Bertz CT molecular complexity index is 797. The van der Waals surface area contributed by atoms with Crippen LogP contribution in [-0.4, -0.2) is 43.3 Å². The lowest BCUT2D eigenvalue weighted by Gasteiger charge is -2.30. The van der Waals surface area contributed by atoms with Gasteiger partial charge in [0.1, 0.15) is 0 Å². The summed E-state index contributed by atoms with van der Waals surface area (Å²) in [6.45, 7) is 5.08. The highest BCUT2D eigenvalue weighted by Crippen LogP contribution is 2.16. The molecular formula is C25H33N3O2. The molecule has 0 unspecified atom stereocenters. The molecule has 0 bridgehead atoms. The van der Waals surface area contributed by atoms with Crippen molar-refractivity contribution in [2.45, 2.75) is 51.4 Å². The van der Waals surface area contributed by atoms with Gasteiger partial charge in [-0.15, -0.1) is 0 Å². The van der Waals surface area contributed by atoms with E-state index in [1.165, 1.54) is 30.4 Å². The van der Waals surface area contributed by atoms with Crippen molar-refractivity contribution < 1.29 is 9.47 Å². The summed E-state index contributed by atoms with van der Waals surface area (Å²) < 4.78 is 11.5. The number of guanidine groups is 1. The Kier molecular flexibility index (Phi) is 7.75. The summed E-state index contributed by atoms with van der Waals surface area (Å²) in [5.74, 6) is 0.977. The van der Waals surface area contributed by atoms with E-state index in [0.717, 1.165) is 50.8 Å². The van der Waals surface area contributed by atoms with Crippen LogP contribution in [0, 0.1) is 0 Å². The third kappa shape index (κ3) is 6.31. The van der Waals surface area contributed by atoms with Gasteiger partial charge in [0, 0.05) is 32.0 Å². The van der Waals surface area contributed by atoms with Gasteiger partial charge in [-0.05, 0) is 55.4 Å². The molecule has 160 valence electrons. The third-order valence-electron chi connectivity index (χ3n) is 5.74. The SMILES string of the molecule is c1ccc(NC(=NCc2cccc(COC3CCOCC3)c2)N2CCCCC2)cc1. The number of likely N-dealkylation sites (tertiary alicyclic amines) is 1. The zero-order valence-electron chi connectivity index (χ0n) is 17.8. The number of para-hydroxylation sites is 1. The molecule has 2 aliphatic rings. The first kappa shape index (κ1) is 20.9. The van der Waals surface area contributed by atoms with Crippen molar-refractivity contribution in [3.8, 4) is 0 Å². The summed E-state index contributed by atoms with van der Waals surface area (Å²) in [5.41, 5.74) is 3.51. The van der Waals surface area contributed by atoms with E-state index in [0.29, 0.717) is 19.3 Å².